The number of amides is 1. The minimum absolute atomic E-state index is 0.297. The molecule has 1 aromatic carbocycles. The molecule has 2 N–H and O–H groups in total. The Kier molecular flexibility index (Phi) is 3.90. The molecule has 1 aliphatic rings. The molecule has 22 heavy (non-hydrogen) atoms. The lowest BCUT2D eigenvalue weighted by atomic mass is 10.1. The number of aromatic nitrogens is 1. The third kappa shape index (κ3) is 2.85. The second-order valence-electron chi connectivity index (χ2n) is 5.39. The molecule has 1 saturated heterocycles. The largest absolute Gasteiger partial charge is 0.369 e. The Balaban J connectivity index is 1.88. The highest BCUT2D eigenvalue weighted by atomic mass is 16.1. The molecule has 0 bridgehead atoms. The molecule has 3 rings (SSSR count). The Hall–Kier alpha value is -2.65. The van der Waals surface area contributed by atoms with Crippen molar-refractivity contribution < 1.29 is 4.79 Å². The van der Waals surface area contributed by atoms with Crippen molar-refractivity contribution in [3.8, 4) is 6.07 Å². The number of carbonyl (C=O) groups excluding carboxylic acids is 1. The van der Waals surface area contributed by atoms with E-state index in [2.05, 4.69) is 16.0 Å². The first kappa shape index (κ1) is 14.3. The SMILES string of the molecule is N#Cc1cc(N2CCN(CC(N)=O)CC2)c2ccccc2n1. The van der Waals surface area contributed by atoms with Crippen LogP contribution in [0.15, 0.2) is 30.3 Å². The number of pyridine rings is 1. The van der Waals surface area contributed by atoms with E-state index in [1.807, 2.05) is 35.2 Å². The van der Waals surface area contributed by atoms with Gasteiger partial charge in [0.2, 0.25) is 5.91 Å². The predicted octanol–water partition coefficient (Wildman–Crippen LogP) is 0.714. The van der Waals surface area contributed by atoms with Crippen LogP contribution < -0.4 is 10.6 Å². The Labute approximate surface area is 128 Å². The number of piperazine rings is 1. The zero-order valence-electron chi connectivity index (χ0n) is 12.2. The van der Waals surface area contributed by atoms with Gasteiger partial charge in [0.25, 0.3) is 0 Å². The van der Waals surface area contributed by atoms with Crippen LogP contribution >= 0.6 is 0 Å². The summed E-state index contributed by atoms with van der Waals surface area (Å²) < 4.78 is 0. The van der Waals surface area contributed by atoms with Crippen LogP contribution in [-0.4, -0.2) is 48.5 Å². The Morgan fingerprint density at radius 1 is 1.27 bits per heavy atom. The fourth-order valence-corrected chi connectivity index (χ4v) is 2.84. The van der Waals surface area contributed by atoms with E-state index in [1.54, 1.807) is 0 Å². The normalized spacial score (nSPS) is 15.7. The number of primary amides is 1. The van der Waals surface area contributed by atoms with E-state index in [0.717, 1.165) is 42.8 Å². The van der Waals surface area contributed by atoms with Crippen molar-refractivity contribution in [2.75, 3.05) is 37.6 Å². The predicted molar refractivity (Wildman–Crippen MR) is 84.3 cm³/mol. The highest BCUT2D eigenvalue weighted by Gasteiger charge is 2.20. The van der Waals surface area contributed by atoms with Crippen LogP contribution in [0.4, 0.5) is 5.69 Å². The van der Waals surface area contributed by atoms with Gasteiger partial charge < -0.3 is 10.6 Å². The lowest BCUT2D eigenvalue weighted by molar-refractivity contribution is -0.119. The molecule has 6 heteroatoms. The van der Waals surface area contributed by atoms with E-state index in [0.29, 0.717) is 12.2 Å². The number of rotatable bonds is 3. The van der Waals surface area contributed by atoms with Gasteiger partial charge in [0.1, 0.15) is 11.8 Å². The molecular weight excluding hydrogens is 278 g/mol. The van der Waals surface area contributed by atoms with Gasteiger partial charge in [-0.2, -0.15) is 5.26 Å². The molecule has 2 heterocycles. The summed E-state index contributed by atoms with van der Waals surface area (Å²) in [4.78, 5) is 19.6. The van der Waals surface area contributed by atoms with Crippen molar-refractivity contribution in [1.82, 2.24) is 9.88 Å². The summed E-state index contributed by atoms with van der Waals surface area (Å²) >= 11 is 0. The van der Waals surface area contributed by atoms with Crippen molar-refractivity contribution in [2.24, 2.45) is 5.73 Å². The van der Waals surface area contributed by atoms with E-state index in [4.69, 9.17) is 5.73 Å². The Bertz CT molecular complexity index is 744. The van der Waals surface area contributed by atoms with Crippen molar-refractivity contribution in [1.29, 1.82) is 5.26 Å². The van der Waals surface area contributed by atoms with Gasteiger partial charge in [-0.3, -0.25) is 9.69 Å². The summed E-state index contributed by atoms with van der Waals surface area (Å²) in [6, 6.07) is 11.8. The van der Waals surface area contributed by atoms with Crippen molar-refractivity contribution in [2.45, 2.75) is 0 Å². The van der Waals surface area contributed by atoms with Crippen LogP contribution in [0.2, 0.25) is 0 Å². The first-order chi connectivity index (χ1) is 10.7. The summed E-state index contributed by atoms with van der Waals surface area (Å²) in [6.45, 7) is 3.45. The number of hydrogen-bond acceptors (Lipinski definition) is 5. The van der Waals surface area contributed by atoms with Gasteiger partial charge in [0, 0.05) is 37.3 Å². The van der Waals surface area contributed by atoms with Gasteiger partial charge in [-0.25, -0.2) is 4.98 Å². The van der Waals surface area contributed by atoms with E-state index in [9.17, 15) is 10.1 Å². The van der Waals surface area contributed by atoms with Crippen LogP contribution in [0.25, 0.3) is 10.9 Å². The number of benzene rings is 1. The number of anilines is 1. The number of nitrogens with two attached hydrogens (primary N) is 1. The molecule has 0 atom stereocenters. The quantitative estimate of drug-likeness (QED) is 0.901. The third-order valence-electron chi connectivity index (χ3n) is 3.90. The molecule has 0 radical (unpaired) electrons. The van der Waals surface area contributed by atoms with Crippen molar-refractivity contribution in [3.63, 3.8) is 0 Å². The second-order valence-corrected chi connectivity index (χ2v) is 5.39. The first-order valence-corrected chi connectivity index (χ1v) is 7.23. The molecule has 0 unspecified atom stereocenters. The van der Waals surface area contributed by atoms with Gasteiger partial charge in [-0.1, -0.05) is 18.2 Å². The fraction of sp³-hybridized carbons (Fsp3) is 0.312. The summed E-state index contributed by atoms with van der Waals surface area (Å²) in [5, 5.41) is 10.2. The average molecular weight is 295 g/mol. The number of nitriles is 1. The van der Waals surface area contributed by atoms with Crippen LogP contribution in [-0.2, 0) is 4.79 Å². The van der Waals surface area contributed by atoms with E-state index >= 15 is 0 Å². The Morgan fingerprint density at radius 3 is 2.68 bits per heavy atom. The minimum atomic E-state index is -0.297. The number of para-hydroxylation sites is 1. The van der Waals surface area contributed by atoms with Crippen molar-refractivity contribution >= 4 is 22.5 Å². The molecule has 1 fully saturated rings. The van der Waals surface area contributed by atoms with Gasteiger partial charge in [-0.15, -0.1) is 0 Å². The van der Waals surface area contributed by atoms with E-state index in [1.165, 1.54) is 0 Å². The highest BCUT2D eigenvalue weighted by molar-refractivity contribution is 5.92. The summed E-state index contributed by atoms with van der Waals surface area (Å²) in [6.07, 6.45) is 0. The number of fused-ring (bicyclic) bond motifs is 1. The maximum atomic E-state index is 11.0. The molecule has 1 amide bonds. The van der Waals surface area contributed by atoms with Crippen molar-refractivity contribution in [3.05, 3.63) is 36.0 Å². The maximum Gasteiger partial charge on any atom is 0.231 e. The fourth-order valence-electron chi connectivity index (χ4n) is 2.84. The third-order valence-corrected chi connectivity index (χ3v) is 3.90. The number of hydrogen-bond donors (Lipinski definition) is 1. The van der Waals surface area contributed by atoms with E-state index in [-0.39, 0.29) is 5.91 Å². The number of nitrogens with zero attached hydrogens (tertiary/aromatic N) is 4. The lowest BCUT2D eigenvalue weighted by Crippen LogP contribution is -2.49. The van der Waals surface area contributed by atoms with Crippen LogP contribution in [0.5, 0.6) is 0 Å². The molecule has 1 aliphatic heterocycles. The molecule has 0 aliphatic carbocycles. The minimum Gasteiger partial charge on any atom is -0.369 e. The van der Waals surface area contributed by atoms with Gasteiger partial charge in [-0.05, 0) is 12.1 Å². The zero-order chi connectivity index (χ0) is 15.5. The Morgan fingerprint density at radius 2 is 2.00 bits per heavy atom. The first-order valence-electron chi connectivity index (χ1n) is 7.23. The molecule has 0 spiro atoms. The second kappa shape index (κ2) is 6.00. The van der Waals surface area contributed by atoms with E-state index < -0.39 is 0 Å². The molecule has 1 aromatic heterocycles. The average Bonchev–Trinajstić information content (AvgIpc) is 2.54. The molecule has 112 valence electrons. The number of carbonyl (C=O) groups is 1. The molecular formula is C16H17N5O. The monoisotopic (exact) mass is 295 g/mol. The van der Waals surface area contributed by atoms with Crippen LogP contribution in [0.3, 0.4) is 0 Å². The summed E-state index contributed by atoms with van der Waals surface area (Å²) in [5.74, 6) is -0.297. The molecule has 6 nitrogen and oxygen atoms in total. The molecule has 0 saturated carbocycles. The van der Waals surface area contributed by atoms with Gasteiger partial charge in [0.15, 0.2) is 0 Å². The van der Waals surface area contributed by atoms with Gasteiger partial charge in [0.05, 0.1) is 12.1 Å². The highest BCUT2D eigenvalue weighted by Crippen LogP contribution is 2.27. The van der Waals surface area contributed by atoms with Gasteiger partial charge >= 0.3 is 0 Å². The lowest BCUT2D eigenvalue weighted by Gasteiger charge is -2.36. The smallest absolute Gasteiger partial charge is 0.231 e. The summed E-state index contributed by atoms with van der Waals surface area (Å²) in [5.41, 5.74) is 7.53. The standard InChI is InChI=1S/C16H17N5O/c17-10-12-9-15(13-3-1-2-4-14(13)19-12)21-7-5-20(6-8-21)11-16(18)22/h1-4,9H,5-8,11H2,(H2,18,22). The summed E-state index contributed by atoms with van der Waals surface area (Å²) in [7, 11) is 0. The topological polar surface area (TPSA) is 86.3 Å². The molecule has 2 aromatic rings. The zero-order valence-corrected chi connectivity index (χ0v) is 12.2. The van der Waals surface area contributed by atoms with Crippen LogP contribution in [0, 0.1) is 11.3 Å². The maximum absolute atomic E-state index is 11.0. The van der Waals surface area contributed by atoms with Crippen LogP contribution in [0.1, 0.15) is 5.69 Å².